The molecule has 4 atom stereocenters. The number of hydrogen-bond donors (Lipinski definition) is 1. The van der Waals surface area contributed by atoms with Gasteiger partial charge in [0.1, 0.15) is 12.0 Å². The van der Waals surface area contributed by atoms with E-state index in [4.69, 9.17) is 8.85 Å². The third-order valence-electron chi connectivity index (χ3n) is 4.42. The van der Waals surface area contributed by atoms with Crippen LogP contribution in [0.5, 0.6) is 0 Å². The van der Waals surface area contributed by atoms with Gasteiger partial charge in [0.15, 0.2) is 0 Å². The first-order chi connectivity index (χ1) is 11.3. The van der Waals surface area contributed by atoms with E-state index in [0.717, 1.165) is 0 Å². The van der Waals surface area contributed by atoms with Crippen LogP contribution in [0.1, 0.15) is 33.7 Å². The second-order valence-electron chi connectivity index (χ2n) is 5.62. The maximum atomic E-state index is 12.3. The smallest absolute Gasteiger partial charge is 0.338 e. The molecule has 5 nitrogen and oxygen atoms in total. The summed E-state index contributed by atoms with van der Waals surface area (Å²) in [6.07, 6.45) is 0.502. The van der Waals surface area contributed by atoms with Gasteiger partial charge < -0.3 is 9.84 Å². The number of rotatable bonds is 3. The van der Waals surface area contributed by atoms with Crippen LogP contribution in [0.4, 0.5) is 0 Å². The van der Waals surface area contributed by atoms with Gasteiger partial charge in [-0.25, -0.2) is 4.79 Å². The zero-order chi connectivity index (χ0) is 17.5. The van der Waals surface area contributed by atoms with Crippen LogP contribution in [0.2, 0.25) is 0 Å². The Morgan fingerprint density at radius 1 is 1.33 bits per heavy atom. The van der Waals surface area contributed by atoms with Crippen LogP contribution in [-0.2, 0) is 9.53 Å². The molecule has 0 aromatic heterocycles. The van der Waals surface area contributed by atoms with Crippen LogP contribution in [0.3, 0.4) is 0 Å². The first-order valence-corrected chi connectivity index (χ1v) is 7.06. The van der Waals surface area contributed by atoms with Crippen molar-refractivity contribution in [2.45, 2.75) is 37.5 Å². The van der Waals surface area contributed by atoms with Crippen molar-refractivity contribution in [2.24, 2.45) is 5.92 Å². The minimum absolute atomic E-state index is 0.227. The van der Waals surface area contributed by atoms with Gasteiger partial charge in [0.05, 0.1) is 5.56 Å². The average molecular weight is 292 g/mol. The van der Waals surface area contributed by atoms with Crippen LogP contribution in [-0.4, -0.2) is 47.1 Å². The van der Waals surface area contributed by atoms with Crippen LogP contribution < -0.4 is 0 Å². The molecule has 2 heterocycles. The molecule has 0 amide bonds. The lowest BCUT2D eigenvalue weighted by atomic mass is 9.87. The van der Waals surface area contributed by atoms with Gasteiger partial charge in [-0.15, -0.1) is 0 Å². The number of nitrogens with zero attached hydrogens (tertiary/aromatic N) is 1. The number of benzene rings is 1. The van der Waals surface area contributed by atoms with E-state index < -0.39 is 37.0 Å². The molecule has 2 aliphatic rings. The molecule has 1 aromatic rings. The highest BCUT2D eigenvalue weighted by Gasteiger charge is 2.50. The van der Waals surface area contributed by atoms with Crippen LogP contribution >= 0.6 is 0 Å². The van der Waals surface area contributed by atoms with Gasteiger partial charge in [0, 0.05) is 22.6 Å². The van der Waals surface area contributed by atoms with Crippen molar-refractivity contribution in [3.8, 4) is 0 Å². The molecule has 2 fully saturated rings. The second-order valence-corrected chi connectivity index (χ2v) is 5.62. The summed E-state index contributed by atoms with van der Waals surface area (Å²) < 4.78 is 28.4. The molecule has 5 heteroatoms. The number of ether oxygens (including phenoxy) is 1. The molecule has 112 valence electrons. The Morgan fingerprint density at radius 2 is 2.10 bits per heavy atom. The van der Waals surface area contributed by atoms with Crippen molar-refractivity contribution in [1.29, 1.82) is 0 Å². The Kier molecular flexibility index (Phi) is 2.82. The minimum atomic E-state index is -2.34. The lowest BCUT2D eigenvalue weighted by Crippen LogP contribution is -2.53. The summed E-state index contributed by atoms with van der Waals surface area (Å²) in [7, 11) is 0. The van der Waals surface area contributed by atoms with Crippen LogP contribution in [0, 0.1) is 5.92 Å². The van der Waals surface area contributed by atoms with Gasteiger partial charge >= 0.3 is 11.9 Å². The van der Waals surface area contributed by atoms with E-state index in [9.17, 15) is 14.7 Å². The first kappa shape index (κ1) is 10.8. The molecule has 0 spiro atoms. The standard InChI is InChI=1S/C16H19NO4/c1-17-11-7-8-12(17)14(15(18)19)13(9-11)21-16(20)10-5-3-2-4-6-10/h2-6,11-14H,7-9H2,1H3,(H,18,19)/i1D3. The van der Waals surface area contributed by atoms with E-state index in [1.165, 1.54) is 4.90 Å². The van der Waals surface area contributed by atoms with Crippen molar-refractivity contribution >= 4 is 11.9 Å². The third kappa shape index (κ3) is 2.53. The molecule has 2 aliphatic heterocycles. The molecule has 0 aliphatic carbocycles. The van der Waals surface area contributed by atoms with Crippen molar-refractivity contribution in [2.75, 3.05) is 6.98 Å². The summed E-state index contributed by atoms with van der Waals surface area (Å²) in [6.45, 7) is -2.34. The first-order valence-electron chi connectivity index (χ1n) is 8.56. The van der Waals surface area contributed by atoms with Crippen molar-refractivity contribution in [1.82, 2.24) is 4.90 Å². The topological polar surface area (TPSA) is 66.8 Å². The predicted octanol–water partition coefficient (Wildman–Crippen LogP) is 1.78. The van der Waals surface area contributed by atoms with E-state index in [1.54, 1.807) is 30.3 Å². The van der Waals surface area contributed by atoms with E-state index in [2.05, 4.69) is 0 Å². The highest BCUT2D eigenvalue weighted by atomic mass is 16.5. The van der Waals surface area contributed by atoms with Gasteiger partial charge in [0.25, 0.3) is 0 Å². The summed E-state index contributed by atoms with van der Waals surface area (Å²) in [6, 6.07) is 7.45. The number of carboxylic acids is 1. The van der Waals surface area contributed by atoms with Crippen molar-refractivity contribution in [3.05, 3.63) is 35.9 Å². The molecule has 1 aromatic carbocycles. The Hall–Kier alpha value is -1.88. The highest BCUT2D eigenvalue weighted by Crippen LogP contribution is 2.39. The lowest BCUT2D eigenvalue weighted by Gasteiger charge is -2.40. The Labute approximate surface area is 127 Å². The summed E-state index contributed by atoms with van der Waals surface area (Å²) in [5.41, 5.74) is 0.354. The molecule has 0 saturated carbocycles. The Bertz CT molecular complexity index is 634. The number of esters is 1. The van der Waals surface area contributed by atoms with E-state index in [1.807, 2.05) is 0 Å². The average Bonchev–Trinajstić information content (AvgIpc) is 2.83. The number of carboxylic acid groups (broad SMARTS) is 1. The van der Waals surface area contributed by atoms with Gasteiger partial charge in [-0.05, 0) is 32.0 Å². The molecule has 2 saturated heterocycles. The van der Waals surface area contributed by atoms with Crippen molar-refractivity contribution < 1.29 is 23.5 Å². The van der Waals surface area contributed by atoms with Crippen molar-refractivity contribution in [3.63, 3.8) is 0 Å². The molecule has 3 rings (SSSR count). The van der Waals surface area contributed by atoms with Gasteiger partial charge in [-0.3, -0.25) is 9.69 Å². The minimum Gasteiger partial charge on any atom is -0.481 e. The Balaban J connectivity index is 1.82. The monoisotopic (exact) mass is 292 g/mol. The highest BCUT2D eigenvalue weighted by molar-refractivity contribution is 5.89. The quantitative estimate of drug-likeness (QED) is 0.860. The Morgan fingerprint density at radius 3 is 2.76 bits per heavy atom. The third-order valence-corrected chi connectivity index (χ3v) is 4.42. The molecular weight excluding hydrogens is 270 g/mol. The molecule has 21 heavy (non-hydrogen) atoms. The van der Waals surface area contributed by atoms with E-state index in [-0.39, 0.29) is 12.5 Å². The molecule has 1 N–H and O–H groups in total. The number of piperidine rings is 1. The number of carbonyl (C=O) groups is 2. The maximum Gasteiger partial charge on any atom is 0.338 e. The number of hydrogen-bond acceptors (Lipinski definition) is 4. The molecule has 0 radical (unpaired) electrons. The fourth-order valence-electron chi connectivity index (χ4n) is 3.38. The fraction of sp³-hybridized carbons (Fsp3) is 0.500. The summed E-state index contributed by atoms with van der Waals surface area (Å²) in [4.78, 5) is 25.3. The largest absolute Gasteiger partial charge is 0.481 e. The number of carbonyl (C=O) groups excluding carboxylic acids is 1. The van der Waals surface area contributed by atoms with E-state index in [0.29, 0.717) is 18.4 Å². The van der Waals surface area contributed by atoms with Crippen LogP contribution in [0.25, 0.3) is 0 Å². The van der Waals surface area contributed by atoms with E-state index >= 15 is 0 Å². The second kappa shape index (κ2) is 5.48. The predicted molar refractivity (Wildman–Crippen MR) is 76.0 cm³/mol. The SMILES string of the molecule is [2H]C([2H])([2H])N1C2CCC1C(C(=O)O)C(OC(=O)c1ccccc1)C2. The van der Waals surface area contributed by atoms with Gasteiger partial charge in [0.2, 0.25) is 0 Å². The number of fused-ring (bicyclic) bond motifs is 2. The molecule has 2 bridgehead atoms. The normalized spacial score (nSPS) is 34.6. The summed E-state index contributed by atoms with van der Waals surface area (Å²) in [5, 5.41) is 9.59. The summed E-state index contributed by atoms with van der Waals surface area (Å²) in [5.74, 6) is -2.73. The number of aliphatic carboxylic acids is 1. The zero-order valence-corrected chi connectivity index (χ0v) is 11.4. The lowest BCUT2D eigenvalue weighted by molar-refractivity contribution is -0.152. The van der Waals surface area contributed by atoms with Gasteiger partial charge in [-0.1, -0.05) is 18.2 Å². The fourth-order valence-corrected chi connectivity index (χ4v) is 3.38. The maximum absolute atomic E-state index is 12.3. The van der Waals surface area contributed by atoms with Crippen LogP contribution in [0.15, 0.2) is 30.3 Å². The molecular formula is C16H19NO4. The summed E-state index contributed by atoms with van der Waals surface area (Å²) >= 11 is 0. The van der Waals surface area contributed by atoms with Gasteiger partial charge in [-0.2, -0.15) is 0 Å². The molecule has 4 unspecified atom stereocenters. The zero-order valence-electron chi connectivity index (χ0n) is 14.4.